The fourth-order valence-corrected chi connectivity index (χ4v) is 4.40. The van der Waals surface area contributed by atoms with Gasteiger partial charge in [-0.15, -0.1) is 11.3 Å². The molecule has 2 aromatic rings. The molecule has 0 aliphatic carbocycles. The average Bonchev–Trinajstić information content (AvgIpc) is 3.15. The Hall–Kier alpha value is -1.80. The van der Waals surface area contributed by atoms with Crippen molar-refractivity contribution in [3.63, 3.8) is 0 Å². The van der Waals surface area contributed by atoms with Crippen molar-refractivity contribution in [1.29, 1.82) is 0 Å². The highest BCUT2D eigenvalue weighted by Gasteiger charge is 2.22. The first-order valence-corrected chi connectivity index (χ1v) is 10.8. The van der Waals surface area contributed by atoms with Crippen LogP contribution < -0.4 is 4.90 Å². The number of carbonyl (C=O) groups excluding carboxylic acids is 1. The summed E-state index contributed by atoms with van der Waals surface area (Å²) in [5, 5.41) is 2.83. The maximum atomic E-state index is 12.4. The summed E-state index contributed by atoms with van der Waals surface area (Å²) in [6.45, 7) is 10.5. The SMILES string of the molecule is CCc1ccccc1N(C(C)=O)c1nc(CN2CCN(CCOC)CC2)cs1. The zero-order valence-electron chi connectivity index (χ0n) is 17.1. The number of methoxy groups -OCH3 is 1. The fraction of sp³-hybridized carbons (Fsp3) is 0.524. The van der Waals surface area contributed by atoms with E-state index < -0.39 is 0 Å². The van der Waals surface area contributed by atoms with Crippen molar-refractivity contribution in [3.8, 4) is 0 Å². The Kier molecular flexibility index (Phi) is 7.56. The van der Waals surface area contributed by atoms with E-state index in [1.54, 1.807) is 30.3 Å². The van der Waals surface area contributed by atoms with Gasteiger partial charge in [-0.2, -0.15) is 0 Å². The first kappa shape index (κ1) is 20.9. The Bertz CT molecular complexity index is 771. The van der Waals surface area contributed by atoms with E-state index in [0.717, 1.165) is 74.4 Å². The number of thiazole rings is 1. The predicted molar refractivity (Wildman–Crippen MR) is 114 cm³/mol. The molecule has 0 spiro atoms. The van der Waals surface area contributed by atoms with E-state index in [1.807, 2.05) is 18.2 Å². The van der Waals surface area contributed by atoms with Gasteiger partial charge < -0.3 is 4.74 Å². The molecule has 7 heteroatoms. The molecule has 1 saturated heterocycles. The molecule has 0 unspecified atom stereocenters. The van der Waals surface area contributed by atoms with Crippen molar-refractivity contribution >= 4 is 28.1 Å². The molecule has 0 N–H and O–H groups in total. The predicted octanol–water partition coefficient (Wildman–Crippen LogP) is 3.15. The lowest BCUT2D eigenvalue weighted by molar-refractivity contribution is -0.115. The van der Waals surface area contributed by atoms with E-state index in [4.69, 9.17) is 9.72 Å². The van der Waals surface area contributed by atoms with Crippen LogP contribution >= 0.6 is 11.3 Å². The molecule has 0 radical (unpaired) electrons. The van der Waals surface area contributed by atoms with Gasteiger partial charge in [0.2, 0.25) is 5.91 Å². The quantitative estimate of drug-likeness (QED) is 0.679. The van der Waals surface area contributed by atoms with E-state index in [1.165, 1.54) is 0 Å². The van der Waals surface area contributed by atoms with E-state index in [-0.39, 0.29) is 5.91 Å². The van der Waals surface area contributed by atoms with Crippen LogP contribution in [0.3, 0.4) is 0 Å². The second-order valence-corrected chi connectivity index (χ2v) is 7.91. The van der Waals surface area contributed by atoms with Crippen LogP contribution in [0, 0.1) is 0 Å². The number of hydrogen-bond donors (Lipinski definition) is 0. The smallest absolute Gasteiger partial charge is 0.230 e. The summed E-state index contributed by atoms with van der Waals surface area (Å²) in [6.07, 6.45) is 0.880. The van der Waals surface area contributed by atoms with Gasteiger partial charge in [0, 0.05) is 58.7 Å². The third-order valence-electron chi connectivity index (χ3n) is 5.12. The minimum absolute atomic E-state index is 0.00597. The highest BCUT2D eigenvalue weighted by molar-refractivity contribution is 7.14. The number of anilines is 2. The lowest BCUT2D eigenvalue weighted by Crippen LogP contribution is -2.46. The number of ether oxygens (including phenoxy) is 1. The molecule has 1 aromatic carbocycles. The summed E-state index contributed by atoms with van der Waals surface area (Å²) in [4.78, 5) is 23.8. The van der Waals surface area contributed by atoms with Gasteiger partial charge >= 0.3 is 0 Å². The molecule has 2 heterocycles. The second-order valence-electron chi connectivity index (χ2n) is 7.07. The van der Waals surface area contributed by atoms with Crippen LogP contribution in [0.1, 0.15) is 25.1 Å². The van der Waals surface area contributed by atoms with Gasteiger partial charge in [-0.05, 0) is 18.1 Å². The summed E-state index contributed by atoms with van der Waals surface area (Å²) in [5.41, 5.74) is 3.12. The lowest BCUT2D eigenvalue weighted by atomic mass is 10.1. The summed E-state index contributed by atoms with van der Waals surface area (Å²) in [5.74, 6) is -0.00597. The Morgan fingerprint density at radius 2 is 1.93 bits per heavy atom. The van der Waals surface area contributed by atoms with Crippen molar-refractivity contribution in [2.24, 2.45) is 0 Å². The molecular formula is C21H30N4O2S. The van der Waals surface area contributed by atoms with Crippen LogP contribution in [0.4, 0.5) is 10.8 Å². The molecule has 0 atom stereocenters. The Labute approximate surface area is 171 Å². The van der Waals surface area contributed by atoms with Gasteiger partial charge in [0.15, 0.2) is 5.13 Å². The van der Waals surface area contributed by atoms with Crippen LogP contribution in [0.5, 0.6) is 0 Å². The molecule has 1 aliphatic heterocycles. The van der Waals surface area contributed by atoms with Gasteiger partial charge in [0.05, 0.1) is 18.0 Å². The highest BCUT2D eigenvalue weighted by atomic mass is 32.1. The number of amides is 1. The van der Waals surface area contributed by atoms with Crippen LogP contribution in [0.25, 0.3) is 0 Å². The standard InChI is InChI=1S/C21H30N4O2S/c1-4-18-7-5-6-8-20(18)25(17(2)26)21-22-19(16-28-21)15-24-11-9-23(10-12-24)13-14-27-3/h5-8,16H,4,9-15H2,1-3H3. The average molecular weight is 403 g/mol. The van der Waals surface area contributed by atoms with Crippen LogP contribution in [-0.2, 0) is 22.5 Å². The molecule has 1 aliphatic rings. The Balaban J connectivity index is 1.66. The van der Waals surface area contributed by atoms with Crippen molar-refractivity contribution in [2.75, 3.05) is 51.3 Å². The topological polar surface area (TPSA) is 48.9 Å². The number of benzene rings is 1. The van der Waals surface area contributed by atoms with E-state index in [9.17, 15) is 4.79 Å². The number of aromatic nitrogens is 1. The van der Waals surface area contributed by atoms with Gasteiger partial charge in [0.1, 0.15) is 0 Å². The number of carbonyl (C=O) groups is 1. The highest BCUT2D eigenvalue weighted by Crippen LogP contribution is 2.32. The maximum absolute atomic E-state index is 12.4. The minimum atomic E-state index is -0.00597. The van der Waals surface area contributed by atoms with E-state index >= 15 is 0 Å². The fourth-order valence-electron chi connectivity index (χ4n) is 3.53. The molecule has 0 bridgehead atoms. The molecule has 0 saturated carbocycles. The molecule has 1 aromatic heterocycles. The van der Waals surface area contributed by atoms with Gasteiger partial charge in [-0.1, -0.05) is 25.1 Å². The molecule has 6 nitrogen and oxygen atoms in total. The summed E-state index contributed by atoms with van der Waals surface area (Å²) in [7, 11) is 1.75. The van der Waals surface area contributed by atoms with Crippen LogP contribution in [0.15, 0.2) is 29.6 Å². The summed E-state index contributed by atoms with van der Waals surface area (Å²) < 4.78 is 5.17. The zero-order valence-corrected chi connectivity index (χ0v) is 17.9. The zero-order chi connectivity index (χ0) is 19.9. The first-order valence-electron chi connectivity index (χ1n) is 9.89. The van der Waals surface area contributed by atoms with Crippen molar-refractivity contribution in [1.82, 2.24) is 14.8 Å². The third-order valence-corrected chi connectivity index (χ3v) is 6.00. The Morgan fingerprint density at radius 1 is 1.21 bits per heavy atom. The minimum Gasteiger partial charge on any atom is -0.383 e. The molecule has 1 fully saturated rings. The largest absolute Gasteiger partial charge is 0.383 e. The number of piperazine rings is 1. The van der Waals surface area contributed by atoms with Crippen molar-refractivity contribution in [2.45, 2.75) is 26.8 Å². The molecular weight excluding hydrogens is 372 g/mol. The molecule has 1 amide bonds. The molecule has 3 rings (SSSR count). The lowest BCUT2D eigenvalue weighted by Gasteiger charge is -2.34. The first-order chi connectivity index (χ1) is 13.6. The summed E-state index contributed by atoms with van der Waals surface area (Å²) >= 11 is 1.54. The number of nitrogens with zero attached hydrogens (tertiary/aromatic N) is 4. The van der Waals surface area contributed by atoms with Crippen LogP contribution in [0.2, 0.25) is 0 Å². The number of aryl methyl sites for hydroxylation is 1. The second kappa shape index (κ2) is 10.1. The number of hydrogen-bond acceptors (Lipinski definition) is 6. The normalized spacial score (nSPS) is 15.7. The van der Waals surface area contributed by atoms with Gasteiger partial charge in [-0.3, -0.25) is 19.5 Å². The third kappa shape index (κ3) is 5.17. The van der Waals surface area contributed by atoms with Crippen molar-refractivity contribution < 1.29 is 9.53 Å². The molecule has 152 valence electrons. The van der Waals surface area contributed by atoms with E-state index in [0.29, 0.717) is 0 Å². The summed E-state index contributed by atoms with van der Waals surface area (Å²) in [6, 6.07) is 8.06. The van der Waals surface area contributed by atoms with Crippen molar-refractivity contribution in [3.05, 3.63) is 40.9 Å². The monoisotopic (exact) mass is 402 g/mol. The van der Waals surface area contributed by atoms with E-state index in [2.05, 4.69) is 28.2 Å². The number of para-hydroxylation sites is 1. The van der Waals surface area contributed by atoms with Gasteiger partial charge in [0.25, 0.3) is 0 Å². The Morgan fingerprint density at radius 3 is 2.61 bits per heavy atom. The van der Waals surface area contributed by atoms with Crippen LogP contribution in [-0.4, -0.2) is 67.1 Å². The van der Waals surface area contributed by atoms with Gasteiger partial charge in [-0.25, -0.2) is 4.98 Å². The molecule has 28 heavy (non-hydrogen) atoms. The maximum Gasteiger partial charge on any atom is 0.230 e. The number of rotatable bonds is 8.